The van der Waals surface area contributed by atoms with E-state index in [0.717, 1.165) is 13.0 Å². The smallest absolute Gasteiger partial charge is 0.166 e. The second kappa shape index (κ2) is 6.34. The third-order valence-corrected chi connectivity index (χ3v) is 5.14. The lowest BCUT2D eigenvalue weighted by Crippen LogP contribution is -2.43. The molecule has 0 amide bonds. The van der Waals surface area contributed by atoms with E-state index in [4.69, 9.17) is 12.2 Å². The van der Waals surface area contributed by atoms with Gasteiger partial charge in [-0.2, -0.15) is 0 Å². The van der Waals surface area contributed by atoms with Crippen molar-refractivity contribution in [3.8, 4) is 0 Å². The molecule has 19 heavy (non-hydrogen) atoms. The van der Waals surface area contributed by atoms with Crippen molar-refractivity contribution in [2.24, 2.45) is 0 Å². The van der Waals surface area contributed by atoms with Crippen molar-refractivity contribution in [1.82, 2.24) is 10.6 Å². The van der Waals surface area contributed by atoms with Crippen LogP contribution in [0.15, 0.2) is 30.3 Å². The summed E-state index contributed by atoms with van der Waals surface area (Å²) in [5.41, 5.74) is 1.25. The van der Waals surface area contributed by atoms with Gasteiger partial charge in [-0.1, -0.05) is 30.3 Å². The Balaban J connectivity index is 1.68. The molecule has 0 aliphatic carbocycles. The van der Waals surface area contributed by atoms with Crippen LogP contribution < -0.4 is 10.6 Å². The highest BCUT2D eigenvalue weighted by atomic mass is 32.2. The van der Waals surface area contributed by atoms with Crippen molar-refractivity contribution in [3.05, 3.63) is 35.9 Å². The van der Waals surface area contributed by atoms with E-state index in [0.29, 0.717) is 11.5 Å². The standard InChI is InChI=1S/C13H18N2O2S2/c16-19(17)9-7-12(10-19)15-13(18)14-8-6-11-4-2-1-3-5-11/h1-5,12H,6-10H2,(H2,14,15,18)/t12-/m1/s1. The minimum atomic E-state index is -2.85. The molecule has 1 aliphatic heterocycles. The van der Waals surface area contributed by atoms with Gasteiger partial charge in [-0.05, 0) is 30.6 Å². The molecule has 1 aromatic rings. The van der Waals surface area contributed by atoms with E-state index in [1.165, 1.54) is 5.56 Å². The Kier molecular flexibility index (Phi) is 4.76. The fourth-order valence-corrected chi connectivity index (χ4v) is 4.05. The zero-order chi connectivity index (χ0) is 13.7. The molecule has 0 saturated carbocycles. The van der Waals surface area contributed by atoms with Crippen molar-refractivity contribution >= 4 is 27.2 Å². The van der Waals surface area contributed by atoms with Crippen LogP contribution in [0.3, 0.4) is 0 Å². The quantitative estimate of drug-likeness (QED) is 0.808. The Bertz CT molecular complexity index is 529. The molecule has 1 aliphatic rings. The van der Waals surface area contributed by atoms with Gasteiger partial charge in [0.15, 0.2) is 14.9 Å². The van der Waals surface area contributed by atoms with Gasteiger partial charge in [0.1, 0.15) is 0 Å². The maximum atomic E-state index is 11.3. The first-order valence-electron chi connectivity index (χ1n) is 6.34. The predicted molar refractivity (Wildman–Crippen MR) is 80.9 cm³/mol. The number of hydrogen-bond donors (Lipinski definition) is 2. The number of sulfone groups is 1. The molecule has 0 bridgehead atoms. The Morgan fingerprint density at radius 3 is 2.68 bits per heavy atom. The Morgan fingerprint density at radius 1 is 1.32 bits per heavy atom. The number of nitrogens with one attached hydrogen (secondary N) is 2. The highest BCUT2D eigenvalue weighted by Gasteiger charge is 2.27. The summed E-state index contributed by atoms with van der Waals surface area (Å²) in [6, 6.07) is 10.1. The molecule has 6 heteroatoms. The van der Waals surface area contributed by atoms with E-state index in [1.807, 2.05) is 18.2 Å². The van der Waals surface area contributed by atoms with Gasteiger partial charge < -0.3 is 10.6 Å². The van der Waals surface area contributed by atoms with E-state index in [-0.39, 0.29) is 17.5 Å². The zero-order valence-corrected chi connectivity index (χ0v) is 12.3. The van der Waals surface area contributed by atoms with Crippen LogP contribution in [0.4, 0.5) is 0 Å². The van der Waals surface area contributed by atoms with Crippen LogP contribution in [0, 0.1) is 0 Å². The Morgan fingerprint density at radius 2 is 2.05 bits per heavy atom. The molecule has 0 spiro atoms. The molecule has 1 aromatic carbocycles. The van der Waals surface area contributed by atoms with Gasteiger partial charge in [-0.15, -0.1) is 0 Å². The average molecular weight is 298 g/mol. The van der Waals surface area contributed by atoms with Crippen LogP contribution in [0.1, 0.15) is 12.0 Å². The van der Waals surface area contributed by atoms with Gasteiger partial charge in [-0.3, -0.25) is 0 Å². The van der Waals surface area contributed by atoms with Gasteiger partial charge in [0.05, 0.1) is 11.5 Å². The SMILES string of the molecule is O=S1(=O)CC[C@@H](NC(=S)NCCc2ccccc2)C1. The van der Waals surface area contributed by atoms with E-state index in [1.54, 1.807) is 0 Å². The first-order valence-corrected chi connectivity index (χ1v) is 8.57. The van der Waals surface area contributed by atoms with E-state index in [2.05, 4.69) is 22.8 Å². The van der Waals surface area contributed by atoms with E-state index in [9.17, 15) is 8.42 Å². The Labute approximate surface area is 119 Å². The van der Waals surface area contributed by atoms with Gasteiger partial charge in [0.2, 0.25) is 0 Å². The molecule has 1 heterocycles. The minimum absolute atomic E-state index is 0.0401. The van der Waals surface area contributed by atoms with E-state index < -0.39 is 9.84 Å². The molecule has 4 nitrogen and oxygen atoms in total. The highest BCUT2D eigenvalue weighted by Crippen LogP contribution is 2.10. The third kappa shape index (κ3) is 4.80. The van der Waals surface area contributed by atoms with Gasteiger partial charge in [0, 0.05) is 12.6 Å². The second-order valence-corrected chi connectivity index (χ2v) is 7.37. The molecule has 1 atom stereocenters. The fraction of sp³-hybridized carbons (Fsp3) is 0.462. The molecule has 0 aromatic heterocycles. The van der Waals surface area contributed by atoms with Crippen molar-refractivity contribution in [1.29, 1.82) is 0 Å². The summed E-state index contributed by atoms with van der Waals surface area (Å²) >= 11 is 5.16. The normalized spacial score (nSPS) is 20.9. The lowest BCUT2D eigenvalue weighted by Gasteiger charge is -2.14. The number of rotatable bonds is 4. The highest BCUT2D eigenvalue weighted by molar-refractivity contribution is 7.91. The average Bonchev–Trinajstić information content (AvgIpc) is 2.70. The summed E-state index contributed by atoms with van der Waals surface area (Å²) in [6.45, 7) is 0.745. The summed E-state index contributed by atoms with van der Waals surface area (Å²) in [6.07, 6.45) is 1.54. The topological polar surface area (TPSA) is 58.2 Å². The van der Waals surface area contributed by atoms with Crippen LogP contribution >= 0.6 is 12.2 Å². The first kappa shape index (κ1) is 14.3. The van der Waals surface area contributed by atoms with Crippen LogP contribution in [0.25, 0.3) is 0 Å². The van der Waals surface area contributed by atoms with Crippen molar-refractivity contribution in [3.63, 3.8) is 0 Å². The fourth-order valence-electron chi connectivity index (χ4n) is 2.11. The summed E-state index contributed by atoms with van der Waals surface area (Å²) < 4.78 is 22.6. The number of benzene rings is 1. The first-order chi connectivity index (χ1) is 9.05. The van der Waals surface area contributed by atoms with Crippen molar-refractivity contribution in [2.75, 3.05) is 18.1 Å². The van der Waals surface area contributed by atoms with Crippen LogP contribution in [0.2, 0.25) is 0 Å². The summed E-state index contributed by atoms with van der Waals surface area (Å²) in [5.74, 6) is 0.449. The zero-order valence-electron chi connectivity index (χ0n) is 10.6. The molecule has 0 radical (unpaired) electrons. The second-order valence-electron chi connectivity index (χ2n) is 4.74. The molecule has 1 saturated heterocycles. The van der Waals surface area contributed by atoms with Crippen molar-refractivity contribution in [2.45, 2.75) is 18.9 Å². The molecule has 0 unspecified atom stereocenters. The lowest BCUT2D eigenvalue weighted by atomic mass is 10.1. The van der Waals surface area contributed by atoms with Crippen LogP contribution in [-0.4, -0.2) is 37.6 Å². The maximum Gasteiger partial charge on any atom is 0.166 e. The molecule has 104 valence electrons. The third-order valence-electron chi connectivity index (χ3n) is 3.11. The van der Waals surface area contributed by atoms with Crippen LogP contribution in [-0.2, 0) is 16.3 Å². The summed E-state index contributed by atoms with van der Waals surface area (Å²) in [5, 5.41) is 6.71. The molecule has 1 fully saturated rings. The molecule has 2 N–H and O–H groups in total. The molecular weight excluding hydrogens is 280 g/mol. The van der Waals surface area contributed by atoms with Gasteiger partial charge in [0.25, 0.3) is 0 Å². The lowest BCUT2D eigenvalue weighted by molar-refractivity contribution is 0.600. The summed E-state index contributed by atoms with van der Waals surface area (Å²) in [4.78, 5) is 0. The number of thiocarbonyl (C=S) groups is 1. The van der Waals surface area contributed by atoms with E-state index >= 15 is 0 Å². The number of hydrogen-bond acceptors (Lipinski definition) is 3. The minimum Gasteiger partial charge on any atom is -0.362 e. The molecular formula is C13H18N2O2S2. The van der Waals surface area contributed by atoms with Gasteiger partial charge >= 0.3 is 0 Å². The maximum absolute atomic E-state index is 11.3. The van der Waals surface area contributed by atoms with Gasteiger partial charge in [-0.25, -0.2) is 8.42 Å². The Hall–Kier alpha value is -1.14. The monoisotopic (exact) mass is 298 g/mol. The van der Waals surface area contributed by atoms with Crippen molar-refractivity contribution < 1.29 is 8.42 Å². The molecule has 2 rings (SSSR count). The summed E-state index contributed by atoms with van der Waals surface area (Å²) in [7, 11) is -2.85. The largest absolute Gasteiger partial charge is 0.362 e. The van der Waals surface area contributed by atoms with Crippen LogP contribution in [0.5, 0.6) is 0 Å². The predicted octanol–water partition coefficient (Wildman–Crippen LogP) is 0.880.